The number of aromatic amines is 1. The highest BCUT2D eigenvalue weighted by Crippen LogP contribution is 2.36. The molecule has 2 atom stereocenters. The van der Waals surface area contributed by atoms with E-state index in [4.69, 9.17) is 4.74 Å². The molecule has 2 heterocycles. The highest BCUT2D eigenvalue weighted by atomic mass is 19.1. The van der Waals surface area contributed by atoms with Gasteiger partial charge < -0.3 is 19.9 Å². The largest absolute Gasteiger partial charge is 0.361 e. The van der Waals surface area contributed by atoms with E-state index >= 15 is 0 Å². The molecular weight excluding hydrogens is 479 g/mol. The van der Waals surface area contributed by atoms with E-state index in [2.05, 4.69) is 24.1 Å². The van der Waals surface area contributed by atoms with Crippen molar-refractivity contribution in [3.8, 4) is 0 Å². The van der Waals surface area contributed by atoms with E-state index in [0.29, 0.717) is 36.5 Å². The Kier molecular flexibility index (Phi) is 6.93. The molecule has 37 heavy (non-hydrogen) atoms. The zero-order chi connectivity index (χ0) is 26.1. The zero-order valence-corrected chi connectivity index (χ0v) is 20.7. The van der Waals surface area contributed by atoms with Gasteiger partial charge in [-0.25, -0.2) is 13.2 Å². The number of hydrogen-bond acceptors (Lipinski definition) is 3. The number of nitrogens with one attached hydrogen (secondary N) is 2. The minimum Gasteiger partial charge on any atom is -0.361 e. The van der Waals surface area contributed by atoms with Gasteiger partial charge in [0.1, 0.15) is 24.2 Å². The van der Waals surface area contributed by atoms with Crippen molar-refractivity contribution in [2.24, 2.45) is 5.92 Å². The monoisotopic (exact) mass is 507 g/mol. The topological polar surface area (TPSA) is 57.4 Å². The molecule has 0 fully saturated rings. The summed E-state index contributed by atoms with van der Waals surface area (Å²) >= 11 is 0. The fourth-order valence-electron chi connectivity index (χ4n) is 4.76. The molecule has 0 spiro atoms. The van der Waals surface area contributed by atoms with Gasteiger partial charge in [-0.05, 0) is 47.1 Å². The molecule has 0 bridgehead atoms. The highest BCUT2D eigenvalue weighted by Gasteiger charge is 2.26. The number of hydrogen-bond donors (Lipinski definition) is 2. The van der Waals surface area contributed by atoms with Crippen LogP contribution in [0.15, 0.2) is 60.7 Å². The number of H-pyrrole nitrogens is 1. The second-order valence-electron chi connectivity index (χ2n) is 9.65. The minimum atomic E-state index is -0.973. The Morgan fingerprint density at radius 2 is 1.81 bits per heavy atom. The zero-order valence-electron chi connectivity index (χ0n) is 20.7. The summed E-state index contributed by atoms with van der Waals surface area (Å²) in [5, 5.41) is 4.00. The summed E-state index contributed by atoms with van der Waals surface area (Å²) in [6, 6.07) is 16.6. The van der Waals surface area contributed by atoms with Crippen molar-refractivity contribution >= 4 is 22.5 Å². The van der Waals surface area contributed by atoms with Crippen molar-refractivity contribution in [1.82, 2.24) is 10.3 Å². The first kappa shape index (κ1) is 24.9. The Bertz CT molecular complexity index is 1400. The molecule has 192 valence electrons. The van der Waals surface area contributed by atoms with Crippen LogP contribution in [0.3, 0.4) is 0 Å². The third-order valence-corrected chi connectivity index (χ3v) is 7.09. The number of anilines is 1. The van der Waals surface area contributed by atoms with E-state index in [1.807, 2.05) is 36.4 Å². The lowest BCUT2D eigenvalue weighted by atomic mass is 9.87. The number of aromatic nitrogens is 1. The van der Waals surface area contributed by atoms with E-state index in [1.54, 1.807) is 17.0 Å². The number of carbonyl (C=O) groups is 1. The molecule has 4 aromatic rings. The van der Waals surface area contributed by atoms with Gasteiger partial charge in [0.15, 0.2) is 0 Å². The lowest BCUT2D eigenvalue weighted by Crippen LogP contribution is -2.33. The smallest absolute Gasteiger partial charge is 0.251 e. The average molecular weight is 508 g/mol. The van der Waals surface area contributed by atoms with Crippen LogP contribution in [-0.4, -0.2) is 24.2 Å². The number of para-hydroxylation sites is 1. The van der Waals surface area contributed by atoms with Crippen LogP contribution in [0.5, 0.6) is 0 Å². The van der Waals surface area contributed by atoms with E-state index in [-0.39, 0.29) is 36.6 Å². The van der Waals surface area contributed by atoms with E-state index in [9.17, 15) is 18.0 Å². The molecule has 2 unspecified atom stereocenters. The first-order valence-electron chi connectivity index (χ1n) is 12.2. The summed E-state index contributed by atoms with van der Waals surface area (Å²) in [7, 11) is 0. The fraction of sp³-hybridized carbons (Fsp3) is 0.276. The van der Waals surface area contributed by atoms with Crippen LogP contribution in [0.1, 0.15) is 46.9 Å². The van der Waals surface area contributed by atoms with Crippen molar-refractivity contribution in [1.29, 1.82) is 0 Å². The first-order valence-corrected chi connectivity index (χ1v) is 12.2. The average Bonchev–Trinajstić information content (AvgIpc) is 3.30. The van der Waals surface area contributed by atoms with E-state index < -0.39 is 17.5 Å². The van der Waals surface area contributed by atoms with Crippen molar-refractivity contribution in [2.45, 2.75) is 32.9 Å². The number of fused-ring (bicyclic) bond motifs is 2. The number of halogens is 3. The van der Waals surface area contributed by atoms with Crippen molar-refractivity contribution in [3.05, 3.63) is 100 Å². The maximum Gasteiger partial charge on any atom is 0.251 e. The number of carbonyl (C=O) groups excluding carboxylic acids is 1. The number of rotatable bonds is 5. The summed E-state index contributed by atoms with van der Waals surface area (Å²) in [5.74, 6) is -2.90. The Balaban J connectivity index is 1.43. The molecule has 1 aliphatic heterocycles. The van der Waals surface area contributed by atoms with Gasteiger partial charge in [-0.2, -0.15) is 0 Å². The minimum absolute atomic E-state index is 0.0699. The normalized spacial score (nSPS) is 17.8. The molecular formula is C29H28F3N3O2. The molecule has 0 saturated carbocycles. The molecule has 0 saturated heterocycles. The SMILES string of the molecule is CC1COCN(Cc2c(F)cc(F)cc2F)c2cc(C(=O)NCc3cc4ccccc4[nH]3)ccc2C1C. The molecule has 0 aliphatic carbocycles. The number of benzene rings is 3. The standard InChI is InChI=1S/C29H28F3N3O2/c1-17-15-37-16-35(14-24-25(31)11-21(30)12-26(24)32)28-10-20(7-8-23(28)18(17)2)29(36)33-13-22-9-19-5-3-4-6-27(19)34-22/h3-12,17-18,34H,13-16H2,1-2H3,(H,33,36). The number of nitrogens with zero attached hydrogens (tertiary/aromatic N) is 1. The Morgan fingerprint density at radius 3 is 2.57 bits per heavy atom. The van der Waals surface area contributed by atoms with Gasteiger partial charge in [0.2, 0.25) is 0 Å². The molecule has 1 aliphatic rings. The van der Waals surface area contributed by atoms with Gasteiger partial charge in [0.05, 0.1) is 19.7 Å². The summed E-state index contributed by atoms with van der Waals surface area (Å²) in [4.78, 5) is 18.1. The predicted octanol–water partition coefficient (Wildman–Crippen LogP) is 6.25. The molecule has 5 nitrogen and oxygen atoms in total. The molecule has 8 heteroatoms. The van der Waals surface area contributed by atoms with Gasteiger partial charge in [0, 0.05) is 40.2 Å². The fourth-order valence-corrected chi connectivity index (χ4v) is 4.76. The van der Waals surface area contributed by atoms with Crippen molar-refractivity contribution in [3.63, 3.8) is 0 Å². The maximum atomic E-state index is 14.5. The summed E-state index contributed by atoms with van der Waals surface area (Å²) < 4.78 is 48.3. The highest BCUT2D eigenvalue weighted by molar-refractivity contribution is 5.95. The van der Waals surface area contributed by atoms with Crippen LogP contribution in [0, 0.1) is 23.4 Å². The molecule has 3 aromatic carbocycles. The lowest BCUT2D eigenvalue weighted by molar-refractivity contribution is 0.0919. The Hall–Kier alpha value is -3.78. The maximum absolute atomic E-state index is 14.5. The Labute approximate surface area is 213 Å². The summed E-state index contributed by atoms with van der Waals surface area (Å²) in [6.45, 7) is 4.82. The molecule has 1 amide bonds. The number of ether oxygens (including phenoxy) is 1. The molecule has 0 radical (unpaired) electrons. The molecule has 2 N–H and O–H groups in total. The van der Waals surface area contributed by atoms with Crippen molar-refractivity contribution in [2.75, 3.05) is 18.2 Å². The van der Waals surface area contributed by atoms with Gasteiger partial charge in [-0.1, -0.05) is 38.1 Å². The van der Waals surface area contributed by atoms with Gasteiger partial charge in [0.25, 0.3) is 5.91 Å². The first-order chi connectivity index (χ1) is 17.8. The van der Waals surface area contributed by atoms with Crippen LogP contribution < -0.4 is 10.2 Å². The van der Waals surface area contributed by atoms with Crippen LogP contribution in [0.25, 0.3) is 10.9 Å². The molecule has 1 aromatic heterocycles. The second-order valence-corrected chi connectivity index (χ2v) is 9.65. The van der Waals surface area contributed by atoms with Crippen molar-refractivity contribution < 1.29 is 22.7 Å². The third kappa shape index (κ3) is 5.20. The van der Waals surface area contributed by atoms with Crippen LogP contribution >= 0.6 is 0 Å². The molecule has 5 rings (SSSR count). The van der Waals surface area contributed by atoms with Gasteiger partial charge in [-0.15, -0.1) is 0 Å². The van der Waals surface area contributed by atoms with Crippen LogP contribution in [-0.2, 0) is 17.8 Å². The Morgan fingerprint density at radius 1 is 1.05 bits per heavy atom. The lowest BCUT2D eigenvalue weighted by Gasteiger charge is -2.34. The summed E-state index contributed by atoms with van der Waals surface area (Å²) in [5.41, 5.74) is 3.63. The van der Waals surface area contributed by atoms with E-state index in [1.165, 1.54) is 0 Å². The number of amides is 1. The second kappa shape index (κ2) is 10.3. The van der Waals surface area contributed by atoms with Gasteiger partial charge >= 0.3 is 0 Å². The third-order valence-electron chi connectivity index (χ3n) is 7.09. The summed E-state index contributed by atoms with van der Waals surface area (Å²) in [6.07, 6.45) is 0. The van der Waals surface area contributed by atoms with Crippen LogP contribution in [0.4, 0.5) is 18.9 Å². The van der Waals surface area contributed by atoms with E-state index in [0.717, 1.165) is 22.2 Å². The predicted molar refractivity (Wildman–Crippen MR) is 137 cm³/mol. The quantitative estimate of drug-likeness (QED) is 0.336. The van der Waals surface area contributed by atoms with Gasteiger partial charge in [-0.3, -0.25) is 4.79 Å². The van der Waals surface area contributed by atoms with Crippen LogP contribution in [0.2, 0.25) is 0 Å².